The number of fused-ring (bicyclic) bond motifs is 10. The van der Waals surface area contributed by atoms with Crippen LogP contribution < -0.4 is 5.50 Å². The fourth-order valence-corrected chi connectivity index (χ4v) is 9.71. The molecule has 3 fully saturated rings. The van der Waals surface area contributed by atoms with Crippen LogP contribution >= 0.6 is 8.07 Å². The van der Waals surface area contributed by atoms with E-state index in [-0.39, 0.29) is 8.07 Å². The average molecular weight is 301 g/mol. The molecule has 1 aliphatic heterocycles. The Hall–Kier alpha value is -0.130. The van der Waals surface area contributed by atoms with Crippen molar-refractivity contribution < 1.29 is 0 Å². The van der Waals surface area contributed by atoms with Crippen LogP contribution in [-0.4, -0.2) is 5.66 Å². The van der Waals surface area contributed by atoms with Crippen LogP contribution in [0.3, 0.4) is 0 Å². The molecule has 1 saturated heterocycles. The van der Waals surface area contributed by atoms with Gasteiger partial charge in [-0.3, -0.25) is 0 Å². The highest BCUT2D eigenvalue weighted by atomic mass is 31.1. The standard InChI is InChI=1S/C19H28NP/c20-21-17-10-5-3-1-2-4-7-14(17)18-15-11-16(19(18)21)13-9-6-8-12(13)15/h6,9-10,12-16,18-19H,1-5,7-8,11,20H2/b17-10+. The van der Waals surface area contributed by atoms with Crippen molar-refractivity contribution in [2.24, 2.45) is 41.0 Å². The summed E-state index contributed by atoms with van der Waals surface area (Å²) >= 11 is 0. The third kappa shape index (κ3) is 1.77. The van der Waals surface area contributed by atoms with Crippen molar-refractivity contribution in [2.45, 2.75) is 57.0 Å². The molecule has 114 valence electrons. The topological polar surface area (TPSA) is 26.0 Å². The van der Waals surface area contributed by atoms with Crippen LogP contribution in [0.1, 0.15) is 51.4 Å². The van der Waals surface area contributed by atoms with E-state index in [1.54, 1.807) is 5.31 Å². The molecule has 5 aliphatic rings. The molecule has 8 atom stereocenters. The molecule has 0 spiro atoms. The number of rotatable bonds is 0. The van der Waals surface area contributed by atoms with Crippen molar-refractivity contribution >= 4 is 8.07 Å². The van der Waals surface area contributed by atoms with Crippen LogP contribution in [-0.2, 0) is 0 Å². The zero-order chi connectivity index (χ0) is 14.0. The summed E-state index contributed by atoms with van der Waals surface area (Å²) in [6.07, 6.45) is 19.1. The summed E-state index contributed by atoms with van der Waals surface area (Å²) in [4.78, 5) is 0. The van der Waals surface area contributed by atoms with Crippen molar-refractivity contribution in [3.05, 3.63) is 23.5 Å². The monoisotopic (exact) mass is 301 g/mol. The first-order valence-electron chi connectivity index (χ1n) is 9.27. The Bertz CT molecular complexity index is 496. The Balaban J connectivity index is 1.51. The van der Waals surface area contributed by atoms with Crippen LogP contribution in [0.4, 0.5) is 0 Å². The van der Waals surface area contributed by atoms with Gasteiger partial charge < -0.3 is 5.50 Å². The molecule has 0 radical (unpaired) electrons. The smallest absolute Gasteiger partial charge is 0.00290 e. The molecular weight excluding hydrogens is 273 g/mol. The van der Waals surface area contributed by atoms with Crippen LogP contribution in [0.25, 0.3) is 0 Å². The molecule has 0 aromatic carbocycles. The summed E-state index contributed by atoms with van der Waals surface area (Å²) in [5, 5.41) is 1.76. The van der Waals surface area contributed by atoms with Crippen molar-refractivity contribution in [3.8, 4) is 0 Å². The minimum absolute atomic E-state index is 0.315. The first kappa shape index (κ1) is 13.3. The SMILES string of the molecule is NP1/C2=C/CCCCCCC2C2C3CC(C4C=CCC43)C21. The highest BCUT2D eigenvalue weighted by molar-refractivity contribution is 7.60. The fourth-order valence-electron chi connectivity index (χ4n) is 6.81. The summed E-state index contributed by atoms with van der Waals surface area (Å²) in [7, 11) is -0.315. The van der Waals surface area contributed by atoms with Gasteiger partial charge in [0.1, 0.15) is 0 Å². The van der Waals surface area contributed by atoms with Crippen molar-refractivity contribution in [1.82, 2.24) is 0 Å². The van der Waals surface area contributed by atoms with Gasteiger partial charge in [0, 0.05) is 5.66 Å². The van der Waals surface area contributed by atoms with E-state index in [0.29, 0.717) is 0 Å². The van der Waals surface area contributed by atoms with E-state index in [4.69, 9.17) is 5.50 Å². The van der Waals surface area contributed by atoms with Crippen molar-refractivity contribution in [2.75, 3.05) is 0 Å². The molecule has 2 bridgehead atoms. The van der Waals surface area contributed by atoms with Crippen LogP contribution in [0.2, 0.25) is 0 Å². The molecule has 0 aromatic heterocycles. The van der Waals surface area contributed by atoms with Gasteiger partial charge in [-0.25, -0.2) is 0 Å². The van der Waals surface area contributed by atoms with E-state index in [2.05, 4.69) is 18.2 Å². The second kappa shape index (κ2) is 4.93. The molecule has 8 unspecified atom stereocenters. The first-order valence-corrected chi connectivity index (χ1v) is 10.7. The molecule has 0 aromatic rings. The number of hydrogen-bond acceptors (Lipinski definition) is 1. The third-order valence-electron chi connectivity index (χ3n) is 7.46. The van der Waals surface area contributed by atoms with E-state index in [0.717, 1.165) is 41.2 Å². The minimum atomic E-state index is -0.315. The lowest BCUT2D eigenvalue weighted by Crippen LogP contribution is -2.35. The zero-order valence-corrected chi connectivity index (χ0v) is 13.8. The van der Waals surface area contributed by atoms with Gasteiger partial charge in [-0.2, -0.15) is 0 Å². The molecule has 2 heteroatoms. The highest BCUT2D eigenvalue weighted by Crippen LogP contribution is 2.75. The highest BCUT2D eigenvalue weighted by Gasteiger charge is 2.64. The maximum absolute atomic E-state index is 6.89. The summed E-state index contributed by atoms with van der Waals surface area (Å²) in [5.74, 6) is 5.77. The van der Waals surface area contributed by atoms with Gasteiger partial charge in [-0.05, 0) is 81.0 Å². The van der Waals surface area contributed by atoms with Gasteiger partial charge in [0.2, 0.25) is 0 Å². The van der Waals surface area contributed by atoms with Crippen LogP contribution in [0, 0.1) is 35.5 Å². The molecule has 2 N–H and O–H groups in total. The van der Waals surface area contributed by atoms with Gasteiger partial charge in [-0.1, -0.05) is 37.5 Å². The molecule has 4 aliphatic carbocycles. The van der Waals surface area contributed by atoms with Gasteiger partial charge in [0.05, 0.1) is 0 Å². The molecular formula is C19H28NP. The van der Waals surface area contributed by atoms with Crippen LogP contribution in [0.15, 0.2) is 23.5 Å². The van der Waals surface area contributed by atoms with Crippen LogP contribution in [0.5, 0.6) is 0 Å². The Morgan fingerprint density at radius 3 is 2.90 bits per heavy atom. The lowest BCUT2D eigenvalue weighted by atomic mass is 9.69. The largest absolute Gasteiger partial charge is 0.306 e. The summed E-state index contributed by atoms with van der Waals surface area (Å²) in [5.41, 5.74) is 7.78. The van der Waals surface area contributed by atoms with Crippen molar-refractivity contribution in [3.63, 3.8) is 0 Å². The fraction of sp³-hybridized carbons (Fsp3) is 0.789. The molecule has 5 rings (SSSR count). The maximum Gasteiger partial charge on any atom is 0.00290 e. The second-order valence-corrected chi connectivity index (χ2v) is 10.1. The minimum Gasteiger partial charge on any atom is -0.306 e. The number of allylic oxidation sites excluding steroid dienone is 4. The van der Waals surface area contributed by atoms with E-state index >= 15 is 0 Å². The first-order chi connectivity index (χ1) is 10.4. The van der Waals surface area contributed by atoms with Crippen molar-refractivity contribution in [1.29, 1.82) is 0 Å². The average Bonchev–Trinajstić information content (AvgIpc) is 3.19. The third-order valence-corrected chi connectivity index (χ3v) is 9.94. The predicted molar refractivity (Wildman–Crippen MR) is 90.0 cm³/mol. The molecule has 1 nitrogen and oxygen atoms in total. The molecule has 1 heterocycles. The van der Waals surface area contributed by atoms with Gasteiger partial charge >= 0.3 is 0 Å². The number of hydrogen-bond donors (Lipinski definition) is 1. The quantitative estimate of drug-likeness (QED) is 0.492. The summed E-state index contributed by atoms with van der Waals surface area (Å²) in [6.45, 7) is 0. The Labute approximate surface area is 130 Å². The van der Waals surface area contributed by atoms with Gasteiger partial charge in [0.15, 0.2) is 0 Å². The zero-order valence-electron chi connectivity index (χ0n) is 13.0. The number of nitrogens with two attached hydrogens (primary N) is 1. The van der Waals surface area contributed by atoms with E-state index in [1.807, 2.05) is 0 Å². The molecule has 2 saturated carbocycles. The summed E-state index contributed by atoms with van der Waals surface area (Å²) in [6, 6.07) is 0. The Kier molecular flexibility index (Phi) is 3.13. The normalized spacial score (nSPS) is 56.9. The van der Waals surface area contributed by atoms with Gasteiger partial charge in [0.25, 0.3) is 0 Å². The Morgan fingerprint density at radius 1 is 1.05 bits per heavy atom. The molecule has 21 heavy (non-hydrogen) atoms. The molecule has 0 amide bonds. The second-order valence-electron chi connectivity index (χ2n) is 8.17. The Morgan fingerprint density at radius 2 is 1.95 bits per heavy atom. The lowest BCUT2D eigenvalue weighted by molar-refractivity contribution is 0.175. The van der Waals surface area contributed by atoms with E-state index < -0.39 is 0 Å². The lowest BCUT2D eigenvalue weighted by Gasteiger charge is -2.37. The van der Waals surface area contributed by atoms with E-state index in [1.165, 1.54) is 51.4 Å². The van der Waals surface area contributed by atoms with E-state index in [9.17, 15) is 0 Å². The summed E-state index contributed by atoms with van der Waals surface area (Å²) < 4.78 is 0. The predicted octanol–water partition coefficient (Wildman–Crippen LogP) is 5.04. The van der Waals surface area contributed by atoms with Gasteiger partial charge in [-0.15, -0.1) is 0 Å². The maximum atomic E-state index is 6.89.